The number of nitrogens with one attached hydrogen (secondary N) is 1. The summed E-state index contributed by atoms with van der Waals surface area (Å²) in [6, 6.07) is 8.32. The van der Waals surface area contributed by atoms with Crippen LogP contribution in [0.5, 0.6) is 5.75 Å². The molecule has 0 heterocycles. The highest BCUT2D eigenvalue weighted by Crippen LogP contribution is 2.12. The minimum Gasteiger partial charge on any atom is -0.493 e. The summed E-state index contributed by atoms with van der Waals surface area (Å²) >= 11 is 1.91. The first kappa shape index (κ1) is 13.4. The van der Waals surface area contributed by atoms with Gasteiger partial charge in [-0.15, -0.1) is 0 Å². The lowest BCUT2D eigenvalue weighted by molar-refractivity contribution is 0.344. The number of hydrogen-bond acceptors (Lipinski definition) is 3. The summed E-state index contributed by atoms with van der Waals surface area (Å²) in [4.78, 5) is 0. The van der Waals surface area contributed by atoms with Crippen LogP contribution in [0.15, 0.2) is 24.3 Å². The molecular formula is C13H21NOS. The number of hydrogen-bond donors (Lipinski definition) is 1. The van der Waals surface area contributed by atoms with Crippen LogP contribution in [0.2, 0.25) is 0 Å². The molecule has 0 radical (unpaired) electrons. The first-order valence-corrected chi connectivity index (χ1v) is 7.02. The summed E-state index contributed by atoms with van der Waals surface area (Å²) in [5.41, 5.74) is 1.30. The lowest BCUT2D eigenvalue weighted by Gasteiger charge is -2.07. The van der Waals surface area contributed by atoms with Gasteiger partial charge in [0.25, 0.3) is 0 Å². The molecule has 1 N–H and O–H groups in total. The largest absolute Gasteiger partial charge is 0.493 e. The molecule has 0 spiro atoms. The average molecular weight is 239 g/mol. The van der Waals surface area contributed by atoms with Crippen molar-refractivity contribution in [3.8, 4) is 5.75 Å². The second kappa shape index (κ2) is 8.48. The van der Waals surface area contributed by atoms with Crippen molar-refractivity contribution >= 4 is 11.8 Å². The quantitative estimate of drug-likeness (QED) is 0.705. The van der Waals surface area contributed by atoms with E-state index in [1.54, 1.807) is 0 Å². The third-order valence-electron chi connectivity index (χ3n) is 2.20. The monoisotopic (exact) mass is 239 g/mol. The third-order valence-corrected chi connectivity index (χ3v) is 3.07. The van der Waals surface area contributed by atoms with Crippen LogP contribution < -0.4 is 10.1 Å². The summed E-state index contributed by atoms with van der Waals surface area (Å²) < 4.78 is 5.63. The maximum atomic E-state index is 5.63. The zero-order valence-electron chi connectivity index (χ0n) is 10.2. The number of thioether (sulfide) groups is 1. The Morgan fingerprint density at radius 2 is 1.94 bits per heavy atom. The predicted octanol–water partition coefficient (Wildman–Crippen LogP) is 2.93. The van der Waals surface area contributed by atoms with Gasteiger partial charge >= 0.3 is 0 Å². The van der Waals surface area contributed by atoms with Crippen LogP contribution in [-0.2, 0) is 6.54 Å². The molecule has 1 aromatic rings. The van der Waals surface area contributed by atoms with Crippen LogP contribution in [0.3, 0.4) is 0 Å². The van der Waals surface area contributed by atoms with Gasteiger partial charge in [0.2, 0.25) is 0 Å². The smallest absolute Gasteiger partial charge is 0.119 e. The van der Waals surface area contributed by atoms with Gasteiger partial charge < -0.3 is 10.1 Å². The summed E-state index contributed by atoms with van der Waals surface area (Å²) in [6.45, 7) is 7.02. The van der Waals surface area contributed by atoms with Gasteiger partial charge in [-0.25, -0.2) is 0 Å². The number of ether oxygens (including phenoxy) is 1. The Balaban J connectivity index is 2.27. The Morgan fingerprint density at radius 1 is 1.19 bits per heavy atom. The molecule has 2 nitrogen and oxygen atoms in total. The minimum absolute atomic E-state index is 0.797. The molecule has 0 atom stereocenters. The van der Waals surface area contributed by atoms with Crippen molar-refractivity contribution in [1.29, 1.82) is 0 Å². The lowest BCUT2D eigenvalue weighted by atomic mass is 10.2. The van der Waals surface area contributed by atoms with Crippen LogP contribution in [0.1, 0.15) is 19.4 Å². The molecule has 0 unspecified atom stereocenters. The molecule has 0 saturated heterocycles. The zero-order chi connectivity index (χ0) is 11.6. The summed E-state index contributed by atoms with van der Waals surface area (Å²) in [5.74, 6) is 3.19. The Labute approximate surface area is 103 Å². The summed E-state index contributed by atoms with van der Waals surface area (Å²) in [5, 5.41) is 3.30. The van der Waals surface area contributed by atoms with Gasteiger partial charge in [0.1, 0.15) is 5.75 Å². The van der Waals surface area contributed by atoms with E-state index in [2.05, 4.69) is 31.3 Å². The van der Waals surface area contributed by atoms with E-state index in [-0.39, 0.29) is 0 Å². The van der Waals surface area contributed by atoms with Crippen molar-refractivity contribution in [1.82, 2.24) is 5.32 Å². The highest BCUT2D eigenvalue weighted by molar-refractivity contribution is 7.99. The van der Waals surface area contributed by atoms with E-state index in [0.717, 1.165) is 37.0 Å². The van der Waals surface area contributed by atoms with Gasteiger partial charge in [0, 0.05) is 12.3 Å². The molecule has 16 heavy (non-hydrogen) atoms. The molecule has 90 valence electrons. The molecule has 3 heteroatoms. The zero-order valence-corrected chi connectivity index (χ0v) is 11.0. The van der Waals surface area contributed by atoms with Crippen LogP contribution in [0.25, 0.3) is 0 Å². The molecular weight excluding hydrogens is 218 g/mol. The van der Waals surface area contributed by atoms with Gasteiger partial charge in [0.05, 0.1) is 6.61 Å². The molecule has 0 amide bonds. The van der Waals surface area contributed by atoms with Crippen LogP contribution in [-0.4, -0.2) is 24.7 Å². The third kappa shape index (κ3) is 5.42. The molecule has 1 aromatic carbocycles. The van der Waals surface area contributed by atoms with Crippen molar-refractivity contribution in [2.45, 2.75) is 20.4 Å². The lowest BCUT2D eigenvalue weighted by Crippen LogP contribution is -2.11. The fraction of sp³-hybridized carbons (Fsp3) is 0.538. The maximum absolute atomic E-state index is 5.63. The van der Waals surface area contributed by atoms with E-state index in [4.69, 9.17) is 4.74 Å². The fourth-order valence-electron chi connectivity index (χ4n) is 1.34. The molecule has 0 bridgehead atoms. The van der Waals surface area contributed by atoms with Crippen molar-refractivity contribution in [2.75, 3.05) is 24.7 Å². The minimum atomic E-state index is 0.797. The van der Waals surface area contributed by atoms with Gasteiger partial charge in [-0.2, -0.15) is 11.8 Å². The van der Waals surface area contributed by atoms with Gasteiger partial charge in [-0.1, -0.05) is 26.0 Å². The van der Waals surface area contributed by atoms with E-state index in [9.17, 15) is 0 Å². The first-order chi connectivity index (χ1) is 7.86. The molecule has 0 aromatic heterocycles. The Morgan fingerprint density at radius 3 is 2.56 bits per heavy atom. The van der Waals surface area contributed by atoms with Gasteiger partial charge in [-0.3, -0.25) is 0 Å². The highest BCUT2D eigenvalue weighted by Gasteiger charge is 1.95. The van der Waals surface area contributed by atoms with Crippen molar-refractivity contribution in [3.05, 3.63) is 29.8 Å². The van der Waals surface area contributed by atoms with Gasteiger partial charge in [-0.05, 0) is 30.0 Å². The topological polar surface area (TPSA) is 21.3 Å². The SMILES string of the molecule is CCNCc1ccc(OCCSCC)cc1. The molecule has 0 saturated carbocycles. The standard InChI is InChI=1S/C13H21NOS/c1-3-14-11-12-5-7-13(8-6-12)15-9-10-16-4-2/h5-8,14H,3-4,9-11H2,1-2H3. The van der Waals surface area contributed by atoms with Crippen molar-refractivity contribution < 1.29 is 4.74 Å². The summed E-state index contributed by atoms with van der Waals surface area (Å²) in [6.07, 6.45) is 0. The molecule has 0 aliphatic rings. The molecule has 0 aliphatic heterocycles. The second-order valence-electron chi connectivity index (χ2n) is 3.47. The van der Waals surface area contributed by atoms with E-state index < -0.39 is 0 Å². The van der Waals surface area contributed by atoms with Crippen molar-refractivity contribution in [3.63, 3.8) is 0 Å². The maximum Gasteiger partial charge on any atom is 0.119 e. The second-order valence-corrected chi connectivity index (χ2v) is 4.86. The van der Waals surface area contributed by atoms with E-state index in [1.807, 2.05) is 23.9 Å². The molecule has 0 aliphatic carbocycles. The normalized spacial score (nSPS) is 10.4. The first-order valence-electron chi connectivity index (χ1n) is 5.87. The Hall–Kier alpha value is -0.670. The molecule has 0 fully saturated rings. The predicted molar refractivity (Wildman–Crippen MR) is 72.3 cm³/mol. The number of rotatable bonds is 8. The Bertz CT molecular complexity index is 274. The Kier molecular flexibility index (Phi) is 7.10. The van der Waals surface area contributed by atoms with E-state index in [1.165, 1.54) is 5.56 Å². The average Bonchev–Trinajstić information content (AvgIpc) is 2.33. The van der Waals surface area contributed by atoms with Gasteiger partial charge in [0.15, 0.2) is 0 Å². The van der Waals surface area contributed by atoms with E-state index in [0.29, 0.717) is 0 Å². The highest BCUT2D eigenvalue weighted by atomic mass is 32.2. The van der Waals surface area contributed by atoms with E-state index >= 15 is 0 Å². The summed E-state index contributed by atoms with van der Waals surface area (Å²) in [7, 11) is 0. The van der Waals surface area contributed by atoms with Crippen LogP contribution in [0.4, 0.5) is 0 Å². The molecule has 1 rings (SSSR count). The van der Waals surface area contributed by atoms with Crippen molar-refractivity contribution in [2.24, 2.45) is 0 Å². The fourth-order valence-corrected chi connectivity index (χ4v) is 1.83. The van der Waals surface area contributed by atoms with Crippen LogP contribution >= 0.6 is 11.8 Å². The number of benzene rings is 1. The van der Waals surface area contributed by atoms with Crippen LogP contribution in [0, 0.1) is 0 Å².